The molecular weight excluding hydrogens is 498 g/mol. The van der Waals surface area contributed by atoms with E-state index in [-0.39, 0.29) is 41.5 Å². The lowest BCUT2D eigenvalue weighted by Gasteiger charge is -2.49. The predicted octanol–water partition coefficient (Wildman–Crippen LogP) is 1.55. The highest BCUT2D eigenvalue weighted by molar-refractivity contribution is 6.01. The molecule has 1 saturated carbocycles. The van der Waals surface area contributed by atoms with Gasteiger partial charge in [0.05, 0.1) is 6.04 Å². The van der Waals surface area contributed by atoms with Gasteiger partial charge in [-0.25, -0.2) is 0 Å². The van der Waals surface area contributed by atoms with E-state index in [1.165, 1.54) is 0 Å². The van der Waals surface area contributed by atoms with Crippen LogP contribution < -0.4 is 16.0 Å². The molecule has 210 valence electrons. The summed E-state index contributed by atoms with van der Waals surface area (Å²) in [6, 6.07) is 7.51. The number of hydrogen-bond acceptors (Lipinski definition) is 5. The average Bonchev–Trinajstić information content (AvgIpc) is 3.57. The number of rotatable bonds is 8. The number of fused-ring (bicyclic) bond motifs is 2. The smallest absolute Gasteiger partial charge is 0.271 e. The van der Waals surface area contributed by atoms with Crippen LogP contribution in [0.5, 0.6) is 0 Å². The van der Waals surface area contributed by atoms with Crippen LogP contribution in [0.1, 0.15) is 57.4 Å². The molecule has 2 aliphatic heterocycles. The summed E-state index contributed by atoms with van der Waals surface area (Å²) in [4.78, 5) is 57.7. The number of carbonyl (C=O) groups excluding carboxylic acids is 4. The zero-order valence-corrected chi connectivity index (χ0v) is 23.0. The van der Waals surface area contributed by atoms with Gasteiger partial charge in [-0.15, -0.1) is 0 Å². The molecule has 5 rings (SSSR count). The molecule has 1 aromatic heterocycles. The van der Waals surface area contributed by atoms with Crippen molar-refractivity contribution in [1.29, 1.82) is 0 Å². The van der Waals surface area contributed by atoms with Crippen molar-refractivity contribution in [2.45, 2.75) is 71.2 Å². The van der Waals surface area contributed by atoms with Crippen molar-refractivity contribution < 1.29 is 24.3 Å². The molecule has 3 fully saturated rings. The first-order chi connectivity index (χ1) is 18.5. The van der Waals surface area contributed by atoms with Gasteiger partial charge in [0.25, 0.3) is 11.8 Å². The molecule has 0 bridgehead atoms. The van der Waals surface area contributed by atoms with E-state index < -0.39 is 35.9 Å². The monoisotopic (exact) mass is 537 g/mol. The minimum atomic E-state index is -1.53. The van der Waals surface area contributed by atoms with E-state index in [1.54, 1.807) is 24.8 Å². The van der Waals surface area contributed by atoms with Crippen molar-refractivity contribution in [2.24, 2.45) is 23.2 Å². The Kier molecular flexibility index (Phi) is 7.17. The summed E-state index contributed by atoms with van der Waals surface area (Å²) in [5.74, 6) is -1.69. The Morgan fingerprint density at radius 1 is 1.18 bits per heavy atom. The number of carbonyl (C=O) groups is 4. The minimum absolute atomic E-state index is 0.0529. The molecular formula is C29H39N5O5. The number of likely N-dealkylation sites (tertiary alicyclic amines) is 1. The van der Waals surface area contributed by atoms with Crippen LogP contribution in [0.2, 0.25) is 0 Å². The van der Waals surface area contributed by atoms with Gasteiger partial charge in [-0.1, -0.05) is 32.0 Å². The third kappa shape index (κ3) is 5.14. The number of aliphatic hydroxyl groups is 1. The lowest BCUT2D eigenvalue weighted by molar-refractivity contribution is -0.136. The molecule has 6 atom stereocenters. The molecule has 3 aliphatic rings. The highest BCUT2D eigenvalue weighted by Gasteiger charge is 2.61. The third-order valence-electron chi connectivity index (χ3n) is 8.71. The van der Waals surface area contributed by atoms with Crippen LogP contribution >= 0.6 is 0 Å². The highest BCUT2D eigenvalue weighted by atomic mass is 16.3. The van der Waals surface area contributed by atoms with Gasteiger partial charge in [0.2, 0.25) is 11.8 Å². The normalized spacial score (nSPS) is 27.0. The average molecular weight is 538 g/mol. The van der Waals surface area contributed by atoms with E-state index in [9.17, 15) is 24.3 Å². The molecule has 1 unspecified atom stereocenters. The van der Waals surface area contributed by atoms with Crippen LogP contribution in [0, 0.1) is 23.2 Å². The molecule has 0 radical (unpaired) electrons. The molecule has 5 N–H and O–H groups in total. The van der Waals surface area contributed by atoms with Crippen LogP contribution in [0.15, 0.2) is 30.3 Å². The molecule has 2 saturated heterocycles. The first-order valence-electron chi connectivity index (χ1n) is 13.9. The van der Waals surface area contributed by atoms with Crippen LogP contribution in [-0.4, -0.2) is 75.9 Å². The third-order valence-corrected chi connectivity index (χ3v) is 8.71. The van der Waals surface area contributed by atoms with Crippen molar-refractivity contribution in [2.75, 3.05) is 13.1 Å². The second-order valence-corrected chi connectivity index (χ2v) is 12.4. The number of para-hydroxylation sites is 1. The van der Waals surface area contributed by atoms with E-state index in [1.807, 2.05) is 24.3 Å². The molecule has 1 aromatic carbocycles. The molecule has 0 spiro atoms. The van der Waals surface area contributed by atoms with Crippen LogP contribution in [-0.2, 0) is 14.4 Å². The van der Waals surface area contributed by atoms with Crippen LogP contribution in [0.3, 0.4) is 0 Å². The molecule has 1 aliphatic carbocycles. The van der Waals surface area contributed by atoms with Crippen molar-refractivity contribution in [3.63, 3.8) is 0 Å². The first kappa shape index (κ1) is 27.2. The fourth-order valence-electron chi connectivity index (χ4n) is 6.96. The van der Waals surface area contributed by atoms with Gasteiger partial charge in [0, 0.05) is 36.0 Å². The van der Waals surface area contributed by atoms with Gasteiger partial charge in [-0.3, -0.25) is 19.2 Å². The van der Waals surface area contributed by atoms with Crippen molar-refractivity contribution in [3.05, 3.63) is 36.0 Å². The zero-order chi connectivity index (χ0) is 28.1. The Hall–Kier alpha value is -3.40. The van der Waals surface area contributed by atoms with E-state index in [0.717, 1.165) is 17.3 Å². The number of nitrogens with one attached hydrogen (secondary N) is 4. The predicted molar refractivity (Wildman–Crippen MR) is 145 cm³/mol. The molecule has 10 nitrogen and oxygen atoms in total. The molecule has 10 heteroatoms. The summed E-state index contributed by atoms with van der Waals surface area (Å²) >= 11 is 0. The maximum Gasteiger partial charge on any atom is 0.271 e. The number of amides is 4. The van der Waals surface area contributed by atoms with Crippen LogP contribution in [0.4, 0.5) is 0 Å². The molecule has 4 amide bonds. The number of aromatic amines is 1. The lowest BCUT2D eigenvalue weighted by atomic mass is 9.55. The van der Waals surface area contributed by atoms with Gasteiger partial charge >= 0.3 is 0 Å². The van der Waals surface area contributed by atoms with Crippen molar-refractivity contribution in [3.8, 4) is 0 Å². The van der Waals surface area contributed by atoms with E-state index in [4.69, 9.17) is 0 Å². The van der Waals surface area contributed by atoms with E-state index >= 15 is 0 Å². The van der Waals surface area contributed by atoms with Gasteiger partial charge in [0.1, 0.15) is 11.7 Å². The quantitative estimate of drug-likeness (QED) is 0.347. The number of hydrogen-bond donors (Lipinski definition) is 5. The van der Waals surface area contributed by atoms with Gasteiger partial charge in [-0.2, -0.15) is 0 Å². The second kappa shape index (κ2) is 10.3. The Bertz CT molecular complexity index is 1250. The van der Waals surface area contributed by atoms with E-state index in [0.29, 0.717) is 25.2 Å². The number of H-pyrrole nitrogens is 1. The summed E-state index contributed by atoms with van der Waals surface area (Å²) in [5, 5.41) is 20.3. The fraction of sp³-hybridized carbons (Fsp3) is 0.586. The number of nitrogens with zero attached hydrogens (tertiary/aromatic N) is 1. The summed E-state index contributed by atoms with van der Waals surface area (Å²) < 4.78 is 0. The van der Waals surface area contributed by atoms with Crippen molar-refractivity contribution >= 4 is 34.5 Å². The Balaban J connectivity index is 1.41. The summed E-state index contributed by atoms with van der Waals surface area (Å²) in [5.41, 5.74) is 1.12. The summed E-state index contributed by atoms with van der Waals surface area (Å²) in [6.45, 7) is 8.77. The van der Waals surface area contributed by atoms with Gasteiger partial charge < -0.3 is 30.9 Å². The number of benzene rings is 1. The highest BCUT2D eigenvalue weighted by Crippen LogP contribution is 2.57. The standard InChI is InChI=1S/C29H39N5O5/c1-15(2)31-27(38)24(35)20(12-17-9-10-30-25(17)36)33-26(37)23-22-18(13-29(22,3)4)14-34(23)28(39)21-11-16-7-5-6-8-19(16)32-21/h5-8,11,15,17-18,20,22-24,32,35H,9-10,12-14H2,1-4H3,(H,30,36)(H,31,38)(H,33,37)/t17-,18-,20-,22-,23-,24?/m0/s1. The Labute approximate surface area is 228 Å². The van der Waals surface area contributed by atoms with E-state index in [2.05, 4.69) is 34.8 Å². The zero-order valence-electron chi connectivity index (χ0n) is 23.0. The maximum absolute atomic E-state index is 14.0. The lowest BCUT2D eigenvalue weighted by Crippen LogP contribution is -2.59. The fourth-order valence-corrected chi connectivity index (χ4v) is 6.96. The number of aliphatic hydroxyl groups excluding tert-OH is 1. The molecule has 3 heterocycles. The summed E-state index contributed by atoms with van der Waals surface area (Å²) in [6.07, 6.45) is 0.0674. The molecule has 2 aromatic rings. The minimum Gasteiger partial charge on any atom is -0.381 e. The topological polar surface area (TPSA) is 144 Å². The first-order valence-corrected chi connectivity index (χ1v) is 13.9. The SMILES string of the molecule is CC(C)NC(=O)C(O)[C@H](C[C@@H]1CCNC1=O)NC(=O)[C@@H]1[C@@H]2[C@H](CN1C(=O)c1cc3ccccc3[nH]1)CC2(C)C. The van der Waals surface area contributed by atoms with Crippen LogP contribution in [0.25, 0.3) is 10.9 Å². The second-order valence-electron chi connectivity index (χ2n) is 12.4. The largest absolute Gasteiger partial charge is 0.381 e. The Morgan fingerprint density at radius 2 is 1.92 bits per heavy atom. The number of aromatic nitrogens is 1. The van der Waals surface area contributed by atoms with Gasteiger partial charge in [0.15, 0.2) is 6.10 Å². The Morgan fingerprint density at radius 3 is 2.56 bits per heavy atom. The van der Waals surface area contributed by atoms with Gasteiger partial charge in [-0.05, 0) is 62.5 Å². The molecule has 39 heavy (non-hydrogen) atoms. The summed E-state index contributed by atoms with van der Waals surface area (Å²) in [7, 11) is 0. The van der Waals surface area contributed by atoms with Crippen molar-refractivity contribution in [1.82, 2.24) is 25.8 Å². The maximum atomic E-state index is 14.0.